The summed E-state index contributed by atoms with van der Waals surface area (Å²) in [5.41, 5.74) is 2.57. The van der Waals surface area contributed by atoms with Crippen LogP contribution in [0.5, 0.6) is 0 Å². The Morgan fingerprint density at radius 2 is 1.33 bits per heavy atom. The Morgan fingerprint density at radius 1 is 0.889 bits per heavy atom. The van der Waals surface area contributed by atoms with Crippen LogP contribution in [0.15, 0.2) is 0 Å². The van der Waals surface area contributed by atoms with E-state index in [0.717, 1.165) is 38.5 Å². The average Bonchev–Trinajstić information content (AvgIpc) is 2.42. The van der Waals surface area contributed by atoms with Crippen LogP contribution in [0, 0.1) is 0 Å². The Hall–Kier alpha value is 0.220. The van der Waals surface area contributed by atoms with Crippen LogP contribution in [0.1, 0.15) is 38.5 Å². The van der Waals surface area contributed by atoms with E-state index in [1.54, 1.807) is 0 Å². The van der Waals surface area contributed by atoms with Crippen molar-refractivity contribution in [1.82, 2.24) is 10.9 Å². The Labute approximate surface area is 105 Å². The number of hydrogen-bond donors (Lipinski definition) is 6. The monoisotopic (exact) mass is 302 g/mol. The molecule has 0 saturated heterocycles. The van der Waals surface area contributed by atoms with Gasteiger partial charge in [-0.3, -0.25) is 14.6 Å². The minimum atomic E-state index is -4.91. The van der Waals surface area contributed by atoms with E-state index in [9.17, 15) is 9.13 Å². The minimum absolute atomic E-state index is 0.0203. The minimum Gasteiger partial charge on any atom is -0.323 e. The van der Waals surface area contributed by atoms with Crippen LogP contribution in [0.4, 0.5) is 0 Å². The van der Waals surface area contributed by atoms with Gasteiger partial charge in [0.05, 0.1) is 0 Å². The van der Waals surface area contributed by atoms with Crippen LogP contribution in [-0.2, 0) is 9.13 Å². The number of hydrazine groups is 1. The molecule has 1 saturated carbocycles. The molecule has 0 heterocycles. The largest absolute Gasteiger partial charge is 0.356 e. The molecule has 0 unspecified atom stereocenters. The van der Waals surface area contributed by atoms with Crippen LogP contribution in [0.2, 0.25) is 0 Å². The van der Waals surface area contributed by atoms with Crippen LogP contribution >= 0.6 is 15.2 Å². The molecule has 0 radical (unpaired) electrons. The lowest BCUT2D eigenvalue weighted by molar-refractivity contribution is 0.306. The maximum absolute atomic E-state index is 11.0. The van der Waals surface area contributed by atoms with Gasteiger partial charge in [0.2, 0.25) is 5.52 Å². The van der Waals surface area contributed by atoms with Crippen LogP contribution in [-0.4, -0.2) is 31.1 Å². The summed E-state index contributed by atoms with van der Waals surface area (Å²) in [5, 5.41) is 0. The second kappa shape index (κ2) is 6.59. The molecule has 1 aliphatic carbocycles. The van der Waals surface area contributed by atoms with Crippen molar-refractivity contribution < 1.29 is 28.7 Å². The summed E-state index contributed by atoms with van der Waals surface area (Å²) in [5.74, 6) is 0. The first kappa shape index (κ1) is 16.3. The van der Waals surface area contributed by atoms with E-state index in [2.05, 4.69) is 10.9 Å². The molecule has 0 aliphatic heterocycles. The summed E-state index contributed by atoms with van der Waals surface area (Å²) < 4.78 is 22.0. The van der Waals surface area contributed by atoms with Gasteiger partial charge in [0, 0.05) is 6.04 Å². The van der Waals surface area contributed by atoms with Crippen molar-refractivity contribution >= 4 is 15.2 Å². The van der Waals surface area contributed by atoms with E-state index in [1.807, 2.05) is 0 Å². The summed E-state index contributed by atoms with van der Waals surface area (Å²) in [7, 11) is -9.83. The van der Waals surface area contributed by atoms with Crippen LogP contribution < -0.4 is 10.9 Å². The third-order valence-electron chi connectivity index (χ3n) is 2.91. The summed E-state index contributed by atoms with van der Waals surface area (Å²) >= 11 is 0. The molecule has 10 heteroatoms. The van der Waals surface area contributed by atoms with E-state index < -0.39 is 20.7 Å². The maximum Gasteiger partial charge on any atom is 0.356 e. The lowest BCUT2D eigenvalue weighted by atomic mass is 10.1. The first-order chi connectivity index (χ1) is 8.21. The molecular weight excluding hydrogens is 282 g/mol. The molecule has 0 aromatic rings. The van der Waals surface area contributed by atoms with Gasteiger partial charge in [-0.1, -0.05) is 25.7 Å². The molecule has 0 aromatic heterocycles. The second-order valence-corrected chi connectivity index (χ2v) is 8.33. The molecule has 0 spiro atoms. The molecule has 8 nitrogen and oxygen atoms in total. The van der Waals surface area contributed by atoms with Gasteiger partial charge in [-0.15, -0.1) is 0 Å². The third kappa shape index (κ3) is 5.47. The van der Waals surface area contributed by atoms with Gasteiger partial charge in [0.1, 0.15) is 0 Å². The van der Waals surface area contributed by atoms with Gasteiger partial charge in [0.15, 0.2) is 0 Å². The molecule has 1 rings (SSSR count). The highest BCUT2D eigenvalue weighted by Crippen LogP contribution is 2.57. The highest BCUT2D eigenvalue weighted by atomic mass is 31.2. The highest BCUT2D eigenvalue weighted by Gasteiger charge is 2.43. The first-order valence-electron chi connectivity index (χ1n) is 5.83. The first-order valence-corrected chi connectivity index (χ1v) is 9.19. The van der Waals surface area contributed by atoms with Gasteiger partial charge in [-0.25, -0.2) is 5.43 Å². The van der Waals surface area contributed by atoms with Crippen molar-refractivity contribution in [3.05, 3.63) is 0 Å². The lowest BCUT2D eigenvalue weighted by Crippen LogP contribution is -2.46. The Bertz CT molecular complexity index is 323. The predicted octanol–water partition coefficient (Wildman–Crippen LogP) is 0.442. The highest BCUT2D eigenvalue weighted by molar-refractivity contribution is 7.70. The van der Waals surface area contributed by atoms with Crippen molar-refractivity contribution in [2.75, 3.05) is 0 Å². The second-order valence-electron chi connectivity index (χ2n) is 4.53. The third-order valence-corrected chi connectivity index (χ3v) is 6.25. The maximum atomic E-state index is 11.0. The lowest BCUT2D eigenvalue weighted by Gasteiger charge is -2.24. The van der Waals surface area contributed by atoms with Crippen LogP contribution in [0.25, 0.3) is 0 Å². The number of rotatable bonds is 5. The molecule has 108 valence electrons. The molecule has 0 aromatic carbocycles. The van der Waals surface area contributed by atoms with Crippen LogP contribution in [0.3, 0.4) is 0 Å². The van der Waals surface area contributed by atoms with E-state index in [-0.39, 0.29) is 6.04 Å². The zero-order valence-electron chi connectivity index (χ0n) is 9.90. The summed E-state index contributed by atoms with van der Waals surface area (Å²) in [6.45, 7) is 0. The van der Waals surface area contributed by atoms with Crippen molar-refractivity contribution in [2.24, 2.45) is 0 Å². The van der Waals surface area contributed by atoms with Gasteiger partial charge >= 0.3 is 15.2 Å². The topological polar surface area (TPSA) is 139 Å². The quantitative estimate of drug-likeness (QED) is 0.244. The fourth-order valence-corrected chi connectivity index (χ4v) is 4.03. The van der Waals surface area contributed by atoms with Crippen molar-refractivity contribution in [3.8, 4) is 0 Å². The molecule has 0 bridgehead atoms. The summed E-state index contributed by atoms with van der Waals surface area (Å²) in [6, 6.07) is -0.0203. The van der Waals surface area contributed by atoms with Gasteiger partial charge in [-0.2, -0.15) is 0 Å². The van der Waals surface area contributed by atoms with Gasteiger partial charge in [0.25, 0.3) is 0 Å². The normalized spacial score (nSPS) is 20.1. The Morgan fingerprint density at radius 3 is 1.72 bits per heavy atom. The zero-order chi connectivity index (χ0) is 13.8. The summed E-state index contributed by atoms with van der Waals surface area (Å²) in [4.78, 5) is 35.7. The van der Waals surface area contributed by atoms with E-state index in [1.165, 1.54) is 0 Å². The number of hydrogen-bond acceptors (Lipinski definition) is 4. The standard InChI is InChI=1S/C8H20N2O6P2/c11-17(12,13)8(18(14,15)16)10-9-7-5-3-1-2-4-6-7/h7-10H,1-6H2,(H2,11,12,13)(H2,14,15,16). The van der Waals surface area contributed by atoms with Gasteiger partial charge < -0.3 is 19.6 Å². The fourth-order valence-electron chi connectivity index (χ4n) is 1.98. The van der Waals surface area contributed by atoms with Gasteiger partial charge in [-0.05, 0) is 12.8 Å². The summed E-state index contributed by atoms with van der Waals surface area (Å²) in [6.07, 6.45) is 5.85. The zero-order valence-corrected chi connectivity index (χ0v) is 11.7. The molecule has 1 fully saturated rings. The molecule has 0 atom stereocenters. The SMILES string of the molecule is O=P(O)(O)C(NNC1CCCCCC1)P(=O)(O)O. The molecule has 1 aliphatic rings. The fraction of sp³-hybridized carbons (Fsp3) is 1.00. The number of nitrogens with one attached hydrogen (secondary N) is 2. The van der Waals surface area contributed by atoms with Crippen molar-refractivity contribution in [2.45, 2.75) is 50.1 Å². The van der Waals surface area contributed by atoms with E-state index in [4.69, 9.17) is 19.6 Å². The smallest absolute Gasteiger partial charge is 0.323 e. The Balaban J connectivity index is 2.57. The molecule has 0 amide bonds. The van der Waals surface area contributed by atoms with E-state index >= 15 is 0 Å². The predicted molar refractivity (Wildman–Crippen MR) is 65.6 cm³/mol. The molecular formula is C8H20N2O6P2. The Kier molecular flexibility index (Phi) is 5.96. The molecule has 18 heavy (non-hydrogen) atoms. The average molecular weight is 302 g/mol. The van der Waals surface area contributed by atoms with Crippen molar-refractivity contribution in [3.63, 3.8) is 0 Å². The van der Waals surface area contributed by atoms with E-state index in [0.29, 0.717) is 0 Å². The van der Waals surface area contributed by atoms with Crippen molar-refractivity contribution in [1.29, 1.82) is 0 Å². The molecule has 6 N–H and O–H groups in total.